The highest BCUT2D eigenvalue weighted by Gasteiger charge is 2.39. The van der Waals surface area contributed by atoms with Crippen LogP contribution in [0.25, 0.3) is 11.5 Å². The average molecular weight is 661 g/mol. The maximum absolute atomic E-state index is 13.5. The van der Waals surface area contributed by atoms with Crippen LogP contribution in [0, 0.1) is 0 Å². The van der Waals surface area contributed by atoms with E-state index in [1.54, 1.807) is 42.5 Å². The summed E-state index contributed by atoms with van der Waals surface area (Å²) >= 11 is 6.13. The summed E-state index contributed by atoms with van der Waals surface area (Å²) in [6, 6.07) is 14.8. The normalized spacial score (nSPS) is 16.7. The molecule has 0 fully saturated rings. The first kappa shape index (κ1) is 31.4. The number of methoxy groups -OCH3 is 1. The van der Waals surface area contributed by atoms with Crippen LogP contribution >= 0.6 is 11.6 Å². The number of rotatable bonds is 8. The molecule has 0 radical (unpaired) electrons. The molecule has 2 heterocycles. The van der Waals surface area contributed by atoms with Crippen molar-refractivity contribution in [2.75, 3.05) is 24.0 Å². The molecule has 44 heavy (non-hydrogen) atoms. The van der Waals surface area contributed by atoms with Crippen LogP contribution in [-0.4, -0.2) is 58.1 Å². The highest BCUT2D eigenvalue weighted by Crippen LogP contribution is 2.37. The third-order valence-corrected chi connectivity index (χ3v) is 11.3. The lowest BCUT2D eigenvalue weighted by Gasteiger charge is -2.24. The Labute approximate surface area is 259 Å². The maximum atomic E-state index is 13.5. The van der Waals surface area contributed by atoms with Gasteiger partial charge in [0.25, 0.3) is 0 Å². The van der Waals surface area contributed by atoms with Gasteiger partial charge in [-0.1, -0.05) is 23.7 Å². The minimum absolute atomic E-state index is 0.0139. The SMILES string of the molecule is COc1cc(Cl)cc(Oc2ccc(CN3C(=O)[C@@H](N)CS(=O)(=O)c4ccc(-c5nnc(C(C)(C)S(C)(=O)=O)o5)cc43)cc2)c1. The number of halogens is 1. The Bertz CT molecular complexity index is 1960. The van der Waals surface area contributed by atoms with Crippen LogP contribution in [0.2, 0.25) is 5.02 Å². The third kappa shape index (κ3) is 6.15. The number of fused-ring (bicyclic) bond motifs is 1. The Morgan fingerprint density at radius 3 is 2.39 bits per heavy atom. The van der Waals surface area contributed by atoms with E-state index < -0.39 is 42.1 Å². The first-order valence-corrected chi connectivity index (χ1v) is 17.1. The fourth-order valence-electron chi connectivity index (χ4n) is 4.44. The zero-order chi connectivity index (χ0) is 32.0. The molecule has 0 spiro atoms. The molecule has 0 unspecified atom stereocenters. The van der Waals surface area contributed by atoms with Gasteiger partial charge in [-0.05, 0) is 61.9 Å². The molecule has 232 valence electrons. The van der Waals surface area contributed by atoms with Crippen LogP contribution in [-0.2, 0) is 35.8 Å². The molecule has 4 aromatic rings. The number of nitrogens with two attached hydrogens (primary N) is 1. The molecule has 0 saturated heterocycles. The number of amides is 1. The highest BCUT2D eigenvalue weighted by molar-refractivity contribution is 7.92. The van der Waals surface area contributed by atoms with Crippen molar-refractivity contribution in [1.82, 2.24) is 10.2 Å². The molecular formula is C29H29ClN4O8S2. The van der Waals surface area contributed by atoms with Gasteiger partial charge in [-0.15, -0.1) is 10.2 Å². The van der Waals surface area contributed by atoms with Gasteiger partial charge in [-0.25, -0.2) is 16.8 Å². The van der Waals surface area contributed by atoms with E-state index in [1.165, 1.54) is 44.1 Å². The summed E-state index contributed by atoms with van der Waals surface area (Å²) in [6.45, 7) is 2.86. The Balaban J connectivity index is 1.49. The third-order valence-electron chi connectivity index (χ3n) is 7.26. The summed E-state index contributed by atoms with van der Waals surface area (Å²) < 4.78 is 66.3. The van der Waals surface area contributed by atoms with Gasteiger partial charge in [-0.3, -0.25) is 4.79 Å². The topological polar surface area (TPSA) is 172 Å². The van der Waals surface area contributed by atoms with Gasteiger partial charge < -0.3 is 24.5 Å². The fraction of sp³-hybridized carbons (Fsp3) is 0.276. The van der Waals surface area contributed by atoms with Crippen LogP contribution in [0.5, 0.6) is 17.2 Å². The Hall–Kier alpha value is -3.98. The lowest BCUT2D eigenvalue weighted by Crippen LogP contribution is -2.45. The van der Waals surface area contributed by atoms with Gasteiger partial charge in [0.15, 0.2) is 19.7 Å². The lowest BCUT2D eigenvalue weighted by molar-refractivity contribution is -0.119. The van der Waals surface area contributed by atoms with Crippen LogP contribution in [0.1, 0.15) is 25.3 Å². The van der Waals surface area contributed by atoms with Crippen molar-refractivity contribution < 1.29 is 35.5 Å². The van der Waals surface area contributed by atoms with E-state index in [1.807, 2.05) is 0 Å². The summed E-state index contributed by atoms with van der Waals surface area (Å²) in [5, 5.41) is 8.35. The molecule has 15 heteroatoms. The van der Waals surface area contributed by atoms with E-state index in [-0.39, 0.29) is 34.5 Å². The molecule has 0 bridgehead atoms. The predicted molar refractivity (Wildman–Crippen MR) is 163 cm³/mol. The quantitative estimate of drug-likeness (QED) is 0.288. The lowest BCUT2D eigenvalue weighted by atomic mass is 10.1. The first-order chi connectivity index (χ1) is 20.6. The molecule has 1 aliphatic heterocycles. The zero-order valence-corrected chi connectivity index (χ0v) is 26.5. The van der Waals surface area contributed by atoms with Gasteiger partial charge in [0.1, 0.15) is 22.0 Å². The van der Waals surface area contributed by atoms with E-state index in [4.69, 9.17) is 31.2 Å². The number of carbonyl (C=O) groups is 1. The number of aromatic nitrogens is 2. The standard InChI is InChI=1S/C29H29ClN4O8S2/c1-29(2,43(4,36)37)28-33-32-26(42-28)18-7-10-25-24(11-18)34(27(35)23(31)16-44(25,38)39)15-17-5-8-20(9-6-17)41-22-13-19(30)12-21(14-22)40-3/h5-14,23H,15-16,31H2,1-4H3/t23-/m0/s1. The maximum Gasteiger partial charge on any atom is 0.247 e. The van der Waals surface area contributed by atoms with Gasteiger partial charge in [0.05, 0.1) is 36.0 Å². The number of hydrogen-bond acceptors (Lipinski definition) is 11. The summed E-state index contributed by atoms with van der Waals surface area (Å²) in [5.41, 5.74) is 7.08. The minimum atomic E-state index is -3.95. The highest BCUT2D eigenvalue weighted by atomic mass is 35.5. The predicted octanol–water partition coefficient (Wildman–Crippen LogP) is 4.12. The second kappa shape index (κ2) is 11.5. The molecule has 0 saturated carbocycles. The van der Waals surface area contributed by atoms with Crippen molar-refractivity contribution >= 4 is 42.9 Å². The number of nitrogens with zero attached hydrogens (tertiary/aromatic N) is 3. The van der Waals surface area contributed by atoms with E-state index in [0.717, 1.165) is 6.26 Å². The van der Waals surface area contributed by atoms with Crippen molar-refractivity contribution in [3.63, 3.8) is 0 Å². The zero-order valence-electron chi connectivity index (χ0n) is 24.1. The molecule has 1 aromatic heterocycles. The van der Waals surface area contributed by atoms with E-state index in [2.05, 4.69) is 10.2 Å². The molecule has 3 aromatic carbocycles. The van der Waals surface area contributed by atoms with Crippen LogP contribution in [0.3, 0.4) is 0 Å². The molecule has 12 nitrogen and oxygen atoms in total. The van der Waals surface area contributed by atoms with Gasteiger partial charge in [-0.2, -0.15) is 0 Å². The Morgan fingerprint density at radius 2 is 1.73 bits per heavy atom. The summed E-state index contributed by atoms with van der Waals surface area (Å²) in [5.74, 6) is 0.142. The fourth-order valence-corrected chi connectivity index (χ4v) is 6.61. The smallest absolute Gasteiger partial charge is 0.247 e. The number of carbonyl (C=O) groups excluding carboxylic acids is 1. The monoisotopic (exact) mass is 660 g/mol. The van der Waals surface area contributed by atoms with Crippen molar-refractivity contribution in [1.29, 1.82) is 0 Å². The van der Waals surface area contributed by atoms with Gasteiger partial charge in [0, 0.05) is 22.9 Å². The van der Waals surface area contributed by atoms with Gasteiger partial charge >= 0.3 is 0 Å². The molecule has 0 aliphatic carbocycles. The van der Waals surface area contributed by atoms with E-state index >= 15 is 0 Å². The molecular weight excluding hydrogens is 632 g/mol. The van der Waals surface area contributed by atoms with E-state index in [9.17, 15) is 21.6 Å². The largest absolute Gasteiger partial charge is 0.497 e. The van der Waals surface area contributed by atoms with Crippen molar-refractivity contribution in [2.24, 2.45) is 5.73 Å². The summed E-state index contributed by atoms with van der Waals surface area (Å²) in [6.07, 6.45) is 1.06. The van der Waals surface area contributed by atoms with Crippen LogP contribution in [0.4, 0.5) is 5.69 Å². The first-order valence-electron chi connectivity index (χ1n) is 13.2. The number of sulfone groups is 2. The molecule has 1 atom stereocenters. The summed E-state index contributed by atoms with van der Waals surface area (Å²) in [7, 11) is -6.03. The Kier molecular flexibility index (Phi) is 8.22. The van der Waals surface area contributed by atoms with Crippen molar-refractivity contribution in [2.45, 2.75) is 36.1 Å². The second-order valence-electron chi connectivity index (χ2n) is 10.8. The van der Waals surface area contributed by atoms with E-state index in [0.29, 0.717) is 27.8 Å². The molecule has 5 rings (SSSR count). The van der Waals surface area contributed by atoms with Crippen molar-refractivity contribution in [3.05, 3.63) is 77.1 Å². The molecule has 1 amide bonds. The number of anilines is 1. The summed E-state index contributed by atoms with van der Waals surface area (Å²) in [4.78, 5) is 14.7. The molecule has 1 aliphatic rings. The van der Waals surface area contributed by atoms with Crippen LogP contribution in [0.15, 0.2) is 70.0 Å². The van der Waals surface area contributed by atoms with Crippen molar-refractivity contribution in [3.8, 4) is 28.7 Å². The average Bonchev–Trinajstić information content (AvgIpc) is 3.44. The molecule has 2 N–H and O–H groups in total. The van der Waals surface area contributed by atoms with Gasteiger partial charge in [0.2, 0.25) is 17.7 Å². The Morgan fingerprint density at radius 1 is 1.05 bits per heavy atom. The minimum Gasteiger partial charge on any atom is -0.497 e. The number of ether oxygens (including phenoxy) is 2. The van der Waals surface area contributed by atoms with Crippen LogP contribution < -0.4 is 20.1 Å². The number of benzene rings is 3. The number of hydrogen-bond donors (Lipinski definition) is 1. The second-order valence-corrected chi connectivity index (χ2v) is 15.8.